The highest BCUT2D eigenvalue weighted by Crippen LogP contribution is 2.32. The number of hydrogen-bond donors (Lipinski definition) is 1. The summed E-state index contributed by atoms with van der Waals surface area (Å²) in [5.41, 5.74) is -2.20. The number of hydrogen-bond acceptors (Lipinski definition) is 4. The van der Waals surface area contributed by atoms with Crippen molar-refractivity contribution in [2.24, 2.45) is 0 Å². The van der Waals surface area contributed by atoms with Crippen molar-refractivity contribution in [1.29, 1.82) is 0 Å². The number of nitrogens with zero attached hydrogens (tertiary/aromatic N) is 3. The van der Waals surface area contributed by atoms with Gasteiger partial charge in [0.25, 0.3) is 0 Å². The van der Waals surface area contributed by atoms with Crippen LogP contribution < -0.4 is 0 Å². The van der Waals surface area contributed by atoms with E-state index in [0.717, 1.165) is 24.3 Å². The molecule has 0 aliphatic rings. The van der Waals surface area contributed by atoms with Gasteiger partial charge < -0.3 is 5.11 Å². The van der Waals surface area contributed by atoms with E-state index in [9.17, 15) is 22.4 Å². The molecule has 28 heavy (non-hydrogen) atoms. The van der Waals surface area contributed by atoms with Gasteiger partial charge in [-0.1, -0.05) is 0 Å². The van der Waals surface area contributed by atoms with Gasteiger partial charge in [-0.15, -0.1) is 0 Å². The molecular weight excluding hydrogens is 378 g/mol. The molecule has 144 valence electrons. The van der Waals surface area contributed by atoms with Gasteiger partial charge in [0.15, 0.2) is 11.5 Å². The van der Waals surface area contributed by atoms with E-state index in [4.69, 9.17) is 5.11 Å². The molecule has 3 heterocycles. The highest BCUT2D eigenvalue weighted by Gasteiger charge is 2.30. The Bertz CT molecular complexity index is 1090. The minimum absolute atomic E-state index is 0.161. The normalized spacial score (nSPS) is 11.5. The Kier molecular flexibility index (Phi) is 4.84. The molecule has 0 spiro atoms. The average molecular weight is 391 g/mol. The topological polar surface area (TPSA) is 76.0 Å². The van der Waals surface area contributed by atoms with E-state index in [-0.39, 0.29) is 17.0 Å². The van der Waals surface area contributed by atoms with E-state index in [0.29, 0.717) is 0 Å². The summed E-state index contributed by atoms with van der Waals surface area (Å²) in [4.78, 5) is 22.1. The fourth-order valence-electron chi connectivity index (χ4n) is 2.64. The first-order valence-electron chi connectivity index (χ1n) is 8.01. The third-order valence-corrected chi connectivity index (χ3v) is 4.25. The predicted molar refractivity (Wildman–Crippen MR) is 90.6 cm³/mol. The van der Waals surface area contributed by atoms with E-state index < -0.39 is 46.3 Å². The lowest BCUT2D eigenvalue weighted by molar-refractivity contribution is 0.0684. The van der Waals surface area contributed by atoms with Gasteiger partial charge in [-0.2, -0.15) is 13.8 Å². The molecule has 0 atom stereocenters. The van der Waals surface area contributed by atoms with Crippen molar-refractivity contribution in [3.63, 3.8) is 0 Å². The fourth-order valence-corrected chi connectivity index (χ4v) is 2.64. The SMILES string of the molecule is CC(C)(c1ccc(F)c(C(=O)O)n1)c1ccc(F)c(-c2ccc(F)nc2F)n1. The maximum absolute atomic E-state index is 14.3. The summed E-state index contributed by atoms with van der Waals surface area (Å²) in [5.74, 6) is -5.68. The highest BCUT2D eigenvalue weighted by atomic mass is 19.1. The van der Waals surface area contributed by atoms with Crippen molar-refractivity contribution < 1.29 is 27.5 Å². The summed E-state index contributed by atoms with van der Waals surface area (Å²) in [5, 5.41) is 9.06. The van der Waals surface area contributed by atoms with E-state index >= 15 is 0 Å². The zero-order chi connectivity index (χ0) is 20.6. The van der Waals surface area contributed by atoms with E-state index in [1.807, 2.05) is 0 Å². The molecule has 0 aliphatic carbocycles. The van der Waals surface area contributed by atoms with Gasteiger partial charge in [0.1, 0.15) is 11.5 Å². The largest absolute Gasteiger partial charge is 0.476 e. The van der Waals surface area contributed by atoms with Crippen molar-refractivity contribution in [2.45, 2.75) is 19.3 Å². The second-order valence-corrected chi connectivity index (χ2v) is 6.46. The van der Waals surface area contributed by atoms with Crippen LogP contribution in [0.15, 0.2) is 36.4 Å². The standard InChI is InChI=1S/C19H13F4N3O2/c1-19(2,13-7-5-11(21)16(25-13)18(27)28)12-6-4-10(20)15(24-12)9-3-8-14(22)26-17(9)23/h3-8H,1-2H3,(H,27,28). The first kappa shape index (κ1) is 19.4. The van der Waals surface area contributed by atoms with Gasteiger partial charge in [0.05, 0.1) is 17.0 Å². The summed E-state index contributed by atoms with van der Waals surface area (Å²) in [7, 11) is 0. The summed E-state index contributed by atoms with van der Waals surface area (Å²) in [6.45, 7) is 3.23. The second-order valence-electron chi connectivity index (χ2n) is 6.46. The van der Waals surface area contributed by atoms with E-state index in [1.54, 1.807) is 13.8 Å². The molecule has 3 rings (SSSR count). The van der Waals surface area contributed by atoms with Gasteiger partial charge in [-0.3, -0.25) is 0 Å². The molecule has 0 aromatic carbocycles. The highest BCUT2D eigenvalue weighted by molar-refractivity contribution is 5.85. The fraction of sp³-hybridized carbons (Fsp3) is 0.158. The molecule has 5 nitrogen and oxygen atoms in total. The summed E-state index contributed by atoms with van der Waals surface area (Å²) in [6, 6.07) is 6.49. The predicted octanol–water partition coefficient (Wildman–Crippen LogP) is 4.12. The summed E-state index contributed by atoms with van der Waals surface area (Å²) in [6.07, 6.45) is 0. The maximum atomic E-state index is 14.3. The van der Waals surface area contributed by atoms with Crippen molar-refractivity contribution >= 4 is 5.97 Å². The Labute approximate surface area is 156 Å². The molecule has 0 saturated carbocycles. The smallest absolute Gasteiger partial charge is 0.357 e. The van der Waals surface area contributed by atoms with Crippen LogP contribution in [-0.4, -0.2) is 26.0 Å². The number of carbonyl (C=O) groups is 1. The van der Waals surface area contributed by atoms with Crippen molar-refractivity contribution in [3.05, 3.63) is 77.0 Å². The molecule has 9 heteroatoms. The number of rotatable bonds is 4. The van der Waals surface area contributed by atoms with Crippen LogP contribution in [0.1, 0.15) is 35.7 Å². The lowest BCUT2D eigenvalue weighted by atomic mass is 9.84. The molecular formula is C19H13F4N3O2. The molecule has 1 N–H and O–H groups in total. The molecule has 0 amide bonds. The van der Waals surface area contributed by atoms with Crippen LogP contribution in [0.3, 0.4) is 0 Å². The Hall–Kier alpha value is -3.36. The Morgan fingerprint density at radius 1 is 0.857 bits per heavy atom. The molecule has 0 bridgehead atoms. The van der Waals surface area contributed by atoms with Crippen LogP contribution in [0.4, 0.5) is 17.6 Å². The van der Waals surface area contributed by atoms with Crippen LogP contribution in [0.2, 0.25) is 0 Å². The minimum atomic E-state index is -1.54. The lowest BCUT2D eigenvalue weighted by Gasteiger charge is -2.24. The molecule has 0 fully saturated rings. The number of halogens is 4. The Balaban J connectivity index is 2.13. The zero-order valence-electron chi connectivity index (χ0n) is 14.7. The molecule has 3 aromatic heterocycles. The Morgan fingerprint density at radius 3 is 2.07 bits per heavy atom. The van der Waals surface area contributed by atoms with Crippen LogP contribution in [0.5, 0.6) is 0 Å². The second kappa shape index (κ2) is 6.99. The van der Waals surface area contributed by atoms with Gasteiger partial charge in [-0.05, 0) is 50.2 Å². The van der Waals surface area contributed by atoms with Crippen molar-refractivity contribution in [1.82, 2.24) is 15.0 Å². The average Bonchev–Trinajstić information content (AvgIpc) is 2.62. The number of aromatic carboxylic acids is 1. The molecule has 0 saturated heterocycles. The first-order chi connectivity index (χ1) is 13.1. The van der Waals surface area contributed by atoms with Gasteiger partial charge in [-0.25, -0.2) is 23.5 Å². The molecule has 0 aliphatic heterocycles. The first-order valence-corrected chi connectivity index (χ1v) is 8.01. The van der Waals surface area contributed by atoms with Gasteiger partial charge in [0.2, 0.25) is 11.9 Å². The number of carboxylic acids is 1. The maximum Gasteiger partial charge on any atom is 0.357 e. The summed E-state index contributed by atoms with van der Waals surface area (Å²) < 4.78 is 54.9. The molecule has 0 unspecified atom stereocenters. The number of carboxylic acid groups (broad SMARTS) is 1. The van der Waals surface area contributed by atoms with Crippen LogP contribution in [-0.2, 0) is 5.41 Å². The Morgan fingerprint density at radius 2 is 1.46 bits per heavy atom. The number of pyridine rings is 3. The summed E-state index contributed by atoms with van der Waals surface area (Å²) >= 11 is 0. The van der Waals surface area contributed by atoms with E-state index in [1.165, 1.54) is 12.1 Å². The monoisotopic (exact) mass is 391 g/mol. The van der Waals surface area contributed by atoms with Gasteiger partial charge >= 0.3 is 5.97 Å². The number of aromatic nitrogens is 3. The minimum Gasteiger partial charge on any atom is -0.476 e. The van der Waals surface area contributed by atoms with Crippen molar-refractivity contribution in [2.75, 3.05) is 0 Å². The van der Waals surface area contributed by atoms with E-state index in [2.05, 4.69) is 15.0 Å². The molecule has 3 aromatic rings. The quantitative estimate of drug-likeness (QED) is 0.535. The van der Waals surface area contributed by atoms with Crippen LogP contribution >= 0.6 is 0 Å². The van der Waals surface area contributed by atoms with Gasteiger partial charge in [0, 0.05) is 5.41 Å². The third kappa shape index (κ3) is 3.42. The lowest BCUT2D eigenvalue weighted by Crippen LogP contribution is -2.24. The van der Waals surface area contributed by atoms with Crippen LogP contribution in [0.25, 0.3) is 11.3 Å². The van der Waals surface area contributed by atoms with Crippen molar-refractivity contribution in [3.8, 4) is 11.3 Å². The third-order valence-electron chi connectivity index (χ3n) is 4.25. The molecule has 0 radical (unpaired) electrons. The van der Waals surface area contributed by atoms with Crippen LogP contribution in [0, 0.1) is 23.5 Å². The zero-order valence-corrected chi connectivity index (χ0v) is 14.7.